The molecule has 0 bridgehead atoms. The molecule has 0 aromatic heterocycles. The van der Waals surface area contributed by atoms with Crippen LogP contribution < -0.4 is 4.74 Å². The normalized spacial score (nSPS) is 11.5. The van der Waals surface area contributed by atoms with E-state index in [2.05, 4.69) is 182 Å². The number of benzene rings is 7. The van der Waals surface area contributed by atoms with Gasteiger partial charge in [-0.05, 0) is 61.8 Å². The molecular formula is C43H33O. The number of fused-ring (bicyclic) bond motifs is 1. The number of rotatable bonds is 8. The second kappa shape index (κ2) is 12.1. The van der Waals surface area contributed by atoms with E-state index in [9.17, 15) is 0 Å². The van der Waals surface area contributed by atoms with Crippen LogP contribution in [-0.4, -0.2) is 7.11 Å². The lowest BCUT2D eigenvalue weighted by molar-refractivity contribution is 0.414. The van der Waals surface area contributed by atoms with Gasteiger partial charge in [-0.2, -0.15) is 0 Å². The van der Waals surface area contributed by atoms with Crippen molar-refractivity contribution >= 4 is 10.8 Å². The molecule has 7 aromatic carbocycles. The summed E-state index contributed by atoms with van der Waals surface area (Å²) in [6.45, 7) is 0. The maximum atomic E-state index is 5.63. The number of hydrogen-bond donors (Lipinski definition) is 0. The van der Waals surface area contributed by atoms with Crippen LogP contribution >= 0.6 is 0 Å². The molecule has 211 valence electrons. The van der Waals surface area contributed by atoms with Gasteiger partial charge in [-0.3, -0.25) is 0 Å². The fraction of sp³-hybridized carbons (Fsp3) is 0.0465. The van der Waals surface area contributed by atoms with Crippen molar-refractivity contribution in [3.8, 4) is 5.75 Å². The summed E-state index contributed by atoms with van der Waals surface area (Å²) in [5, 5.41) is 2.43. The summed E-state index contributed by atoms with van der Waals surface area (Å²) in [5.74, 6) is 2.05. The summed E-state index contributed by atoms with van der Waals surface area (Å²) >= 11 is 0. The molecule has 0 aliphatic rings. The topological polar surface area (TPSA) is 9.23 Å². The van der Waals surface area contributed by atoms with Crippen molar-refractivity contribution in [1.82, 2.24) is 0 Å². The van der Waals surface area contributed by atoms with Crippen LogP contribution in [0, 0.1) is 5.92 Å². The van der Waals surface area contributed by atoms with Gasteiger partial charge in [-0.25, -0.2) is 0 Å². The van der Waals surface area contributed by atoms with E-state index in [0.717, 1.165) is 5.75 Å². The molecule has 0 saturated heterocycles. The Morgan fingerprint density at radius 2 is 0.886 bits per heavy atom. The van der Waals surface area contributed by atoms with Crippen molar-refractivity contribution in [2.45, 2.75) is 5.41 Å². The highest BCUT2D eigenvalue weighted by molar-refractivity contribution is 5.92. The van der Waals surface area contributed by atoms with Gasteiger partial charge in [0, 0.05) is 0 Å². The van der Waals surface area contributed by atoms with Gasteiger partial charge in [0.2, 0.25) is 0 Å². The number of hydrogen-bond acceptors (Lipinski definition) is 1. The minimum Gasteiger partial charge on any atom is -0.497 e. The van der Waals surface area contributed by atoms with Crippen molar-refractivity contribution in [3.63, 3.8) is 0 Å². The summed E-state index contributed by atoms with van der Waals surface area (Å²) in [7, 11) is 1.72. The molecule has 44 heavy (non-hydrogen) atoms. The number of methoxy groups -OCH3 is 1. The van der Waals surface area contributed by atoms with E-state index in [0.29, 0.717) is 0 Å². The average Bonchev–Trinajstić information content (AvgIpc) is 3.11. The quantitative estimate of drug-likeness (QED) is 0.167. The molecule has 7 rings (SSSR count). The van der Waals surface area contributed by atoms with Crippen LogP contribution in [-0.2, 0) is 5.41 Å². The highest BCUT2D eigenvalue weighted by atomic mass is 16.5. The monoisotopic (exact) mass is 565 g/mol. The maximum Gasteiger partial charge on any atom is 0.118 e. The molecular weight excluding hydrogens is 532 g/mol. The van der Waals surface area contributed by atoms with Crippen LogP contribution in [0.4, 0.5) is 0 Å². The van der Waals surface area contributed by atoms with E-state index in [1.807, 2.05) is 0 Å². The van der Waals surface area contributed by atoms with Gasteiger partial charge in [0.15, 0.2) is 0 Å². The molecule has 1 nitrogen and oxygen atoms in total. The Kier molecular flexibility index (Phi) is 7.53. The Labute approximate surface area is 260 Å². The van der Waals surface area contributed by atoms with Gasteiger partial charge in [0.1, 0.15) is 5.75 Å². The van der Waals surface area contributed by atoms with E-state index in [1.54, 1.807) is 7.11 Å². The minimum absolute atomic E-state index is 0.636. The van der Waals surface area contributed by atoms with E-state index in [4.69, 9.17) is 4.74 Å². The average molecular weight is 566 g/mol. The standard InChI is InChI=1S/C43H33O/c1-44-38-29-27-37(28-30-38)43(35-21-10-4-11-22-35,36-23-12-5-13-24-36)40-31-26-32-16-14-15-25-39(32)42(40)41(33-17-6-2-7-18-33)34-19-8-3-9-20-34/h2-31H,1H3. The Morgan fingerprint density at radius 1 is 0.432 bits per heavy atom. The fourth-order valence-electron chi connectivity index (χ4n) is 6.70. The molecule has 0 fully saturated rings. The zero-order valence-electron chi connectivity index (χ0n) is 24.7. The Morgan fingerprint density at radius 3 is 1.41 bits per heavy atom. The Balaban J connectivity index is 1.68. The van der Waals surface area contributed by atoms with Crippen LogP contribution in [0.15, 0.2) is 182 Å². The molecule has 0 amide bonds. The molecule has 0 N–H and O–H groups in total. The van der Waals surface area contributed by atoms with Crippen LogP contribution in [0.2, 0.25) is 0 Å². The molecule has 7 aromatic rings. The van der Waals surface area contributed by atoms with Crippen molar-refractivity contribution in [2.75, 3.05) is 7.11 Å². The van der Waals surface area contributed by atoms with E-state index >= 15 is 0 Å². The summed E-state index contributed by atoms with van der Waals surface area (Å²) in [6, 6.07) is 65.5. The van der Waals surface area contributed by atoms with Gasteiger partial charge < -0.3 is 4.74 Å². The second-order valence-electron chi connectivity index (χ2n) is 11.0. The van der Waals surface area contributed by atoms with Crippen LogP contribution in [0.3, 0.4) is 0 Å². The lowest BCUT2D eigenvalue weighted by atomic mass is 9.62. The molecule has 0 aliphatic heterocycles. The lowest BCUT2D eigenvalue weighted by Gasteiger charge is -2.40. The van der Waals surface area contributed by atoms with Gasteiger partial charge >= 0.3 is 0 Å². The highest BCUT2D eigenvalue weighted by Crippen LogP contribution is 2.51. The van der Waals surface area contributed by atoms with E-state index in [1.165, 1.54) is 55.6 Å². The molecule has 0 aliphatic carbocycles. The largest absolute Gasteiger partial charge is 0.497 e. The summed E-state index contributed by atoms with van der Waals surface area (Å²) < 4.78 is 5.63. The third-order valence-electron chi connectivity index (χ3n) is 8.64. The lowest BCUT2D eigenvalue weighted by Crippen LogP contribution is -2.33. The molecule has 1 radical (unpaired) electrons. The number of ether oxygens (including phenoxy) is 1. The van der Waals surface area contributed by atoms with Crippen molar-refractivity contribution in [1.29, 1.82) is 0 Å². The molecule has 0 atom stereocenters. The maximum absolute atomic E-state index is 5.63. The zero-order valence-corrected chi connectivity index (χ0v) is 24.7. The first-order valence-corrected chi connectivity index (χ1v) is 15.1. The van der Waals surface area contributed by atoms with Crippen LogP contribution in [0.25, 0.3) is 10.8 Å². The van der Waals surface area contributed by atoms with E-state index in [-0.39, 0.29) is 0 Å². The van der Waals surface area contributed by atoms with Gasteiger partial charge in [0.25, 0.3) is 0 Å². The van der Waals surface area contributed by atoms with Crippen LogP contribution in [0.1, 0.15) is 38.9 Å². The summed E-state index contributed by atoms with van der Waals surface area (Å²) in [6.07, 6.45) is 0. The first-order chi connectivity index (χ1) is 21.8. The molecule has 0 unspecified atom stereocenters. The molecule has 0 heterocycles. The fourth-order valence-corrected chi connectivity index (χ4v) is 6.70. The molecule has 1 heteroatoms. The van der Waals surface area contributed by atoms with Crippen LogP contribution in [0.5, 0.6) is 5.75 Å². The third kappa shape index (κ3) is 4.77. The summed E-state index contributed by atoms with van der Waals surface area (Å²) in [4.78, 5) is 0. The zero-order chi connectivity index (χ0) is 29.8. The smallest absolute Gasteiger partial charge is 0.118 e. The van der Waals surface area contributed by atoms with Gasteiger partial charge in [0.05, 0.1) is 18.4 Å². The van der Waals surface area contributed by atoms with Crippen molar-refractivity contribution in [2.24, 2.45) is 0 Å². The van der Waals surface area contributed by atoms with E-state index < -0.39 is 5.41 Å². The summed E-state index contributed by atoms with van der Waals surface area (Å²) in [5.41, 5.74) is 7.75. The Hall–Kier alpha value is -5.40. The first-order valence-electron chi connectivity index (χ1n) is 15.1. The predicted molar refractivity (Wildman–Crippen MR) is 182 cm³/mol. The second-order valence-corrected chi connectivity index (χ2v) is 11.0. The van der Waals surface area contributed by atoms with Crippen molar-refractivity contribution in [3.05, 3.63) is 227 Å². The molecule has 0 spiro atoms. The van der Waals surface area contributed by atoms with Gasteiger partial charge in [-0.15, -0.1) is 0 Å². The SMILES string of the molecule is COc1ccc(C(c2ccccc2)(c2ccccc2)c2ccc3ccccc3c2[C](c2ccccc2)c2ccccc2)cc1. The van der Waals surface area contributed by atoms with Gasteiger partial charge in [-0.1, -0.05) is 170 Å². The third-order valence-corrected chi connectivity index (χ3v) is 8.64. The first kappa shape index (κ1) is 27.4. The molecule has 0 saturated carbocycles. The minimum atomic E-state index is -0.636. The predicted octanol–water partition coefficient (Wildman–Crippen LogP) is 10.3. The Bertz CT molecular complexity index is 1880. The highest BCUT2D eigenvalue weighted by Gasteiger charge is 2.42. The van der Waals surface area contributed by atoms with Crippen molar-refractivity contribution < 1.29 is 4.74 Å².